The molecule has 1 aliphatic carbocycles. The van der Waals surface area contributed by atoms with E-state index in [4.69, 9.17) is 16.2 Å². The summed E-state index contributed by atoms with van der Waals surface area (Å²) in [6.45, 7) is 4.59. The zero-order valence-corrected chi connectivity index (χ0v) is 12.5. The predicted octanol–water partition coefficient (Wildman–Crippen LogP) is 1.92. The van der Waals surface area contributed by atoms with Crippen LogP contribution in [0.1, 0.15) is 47.3 Å². The van der Waals surface area contributed by atoms with E-state index in [1.54, 1.807) is 0 Å². The predicted molar refractivity (Wildman–Crippen MR) is 81.5 cm³/mol. The lowest BCUT2D eigenvalue weighted by molar-refractivity contribution is 0.0386. The van der Waals surface area contributed by atoms with Crippen LogP contribution in [-0.2, 0) is 4.74 Å². The molecule has 0 aromatic carbocycles. The molecule has 1 aromatic heterocycles. The summed E-state index contributed by atoms with van der Waals surface area (Å²) in [4.78, 5) is 14.4. The number of anilines is 2. The minimum Gasteiger partial charge on any atom is -0.397 e. The van der Waals surface area contributed by atoms with Gasteiger partial charge in [-0.05, 0) is 25.2 Å². The van der Waals surface area contributed by atoms with Gasteiger partial charge in [-0.3, -0.25) is 4.79 Å². The molecule has 1 saturated heterocycles. The number of amides is 1. The second kappa shape index (κ2) is 5.26. The number of carbonyl (C=O) groups excluding carboxylic acids is 1. The summed E-state index contributed by atoms with van der Waals surface area (Å²) >= 11 is 1.45. The van der Waals surface area contributed by atoms with E-state index in [-0.39, 0.29) is 6.10 Å². The Morgan fingerprint density at radius 3 is 2.85 bits per heavy atom. The third-order valence-electron chi connectivity index (χ3n) is 4.05. The van der Waals surface area contributed by atoms with E-state index >= 15 is 0 Å². The van der Waals surface area contributed by atoms with Gasteiger partial charge in [-0.25, -0.2) is 0 Å². The van der Waals surface area contributed by atoms with Crippen LogP contribution in [0.25, 0.3) is 0 Å². The maximum Gasteiger partial charge on any atom is 0.260 e. The second-order valence-corrected chi connectivity index (χ2v) is 6.55. The number of nitrogens with two attached hydrogens (primary N) is 2. The highest BCUT2D eigenvalue weighted by atomic mass is 32.1. The number of hydrogen-bond donors (Lipinski definition) is 2. The Kier molecular flexibility index (Phi) is 3.60. The number of ether oxygens (including phenoxy) is 1. The molecule has 1 aliphatic heterocycles. The number of thiophene rings is 1. The van der Waals surface area contributed by atoms with E-state index in [0.29, 0.717) is 16.5 Å². The lowest BCUT2D eigenvalue weighted by Crippen LogP contribution is -2.42. The number of nitrogen functional groups attached to an aromatic ring is 1. The highest BCUT2D eigenvalue weighted by molar-refractivity contribution is 7.18. The highest BCUT2D eigenvalue weighted by Crippen LogP contribution is 2.52. The second-order valence-electron chi connectivity index (χ2n) is 5.55. The molecule has 2 fully saturated rings. The first-order chi connectivity index (χ1) is 9.61. The highest BCUT2D eigenvalue weighted by Gasteiger charge is 2.35. The lowest BCUT2D eigenvalue weighted by atomic mass is 10.1. The van der Waals surface area contributed by atoms with Crippen molar-refractivity contribution in [1.82, 2.24) is 0 Å². The first-order valence-electron chi connectivity index (χ1n) is 7.20. The summed E-state index contributed by atoms with van der Waals surface area (Å²) in [7, 11) is 0. The molecule has 0 spiro atoms. The van der Waals surface area contributed by atoms with Crippen molar-refractivity contribution in [3.8, 4) is 0 Å². The van der Waals surface area contributed by atoms with Gasteiger partial charge in [0, 0.05) is 18.7 Å². The van der Waals surface area contributed by atoms with E-state index in [1.165, 1.54) is 11.3 Å². The molecule has 110 valence electrons. The van der Waals surface area contributed by atoms with Gasteiger partial charge in [0.05, 0.1) is 23.4 Å². The average molecular weight is 295 g/mol. The molecule has 1 aromatic rings. The Labute approximate surface area is 122 Å². The van der Waals surface area contributed by atoms with Gasteiger partial charge in [-0.1, -0.05) is 6.92 Å². The molecular formula is C14H21N3O2S. The first kappa shape index (κ1) is 13.7. The normalized spacial score (nSPS) is 23.1. The molecule has 5 nitrogen and oxygen atoms in total. The first-order valence-corrected chi connectivity index (χ1v) is 8.02. The summed E-state index contributed by atoms with van der Waals surface area (Å²) in [5, 5.41) is 1.14. The fraction of sp³-hybridized carbons (Fsp3) is 0.643. The van der Waals surface area contributed by atoms with Crippen molar-refractivity contribution in [3.63, 3.8) is 0 Å². The minimum absolute atomic E-state index is 0.260. The van der Waals surface area contributed by atoms with E-state index in [0.717, 1.165) is 49.5 Å². The number of hydrogen-bond acceptors (Lipinski definition) is 5. The standard InChI is InChI=1S/C14H21N3O2S/c1-2-9-7-17(5-6-19-9)14-10(8-3-4-8)11(15)12(20-14)13(16)18/h8-9H,2-7,15H2,1H3,(H2,16,18). The molecule has 3 rings (SSSR count). The van der Waals surface area contributed by atoms with Crippen LogP contribution in [0.2, 0.25) is 0 Å². The SMILES string of the molecule is CCC1CN(c2sc(C(N)=O)c(N)c2C2CC2)CCO1. The summed E-state index contributed by atoms with van der Waals surface area (Å²) in [6.07, 6.45) is 3.58. The Hall–Kier alpha value is -1.27. The van der Waals surface area contributed by atoms with Crippen LogP contribution in [0.4, 0.5) is 10.7 Å². The van der Waals surface area contributed by atoms with Crippen LogP contribution in [-0.4, -0.2) is 31.7 Å². The van der Waals surface area contributed by atoms with Gasteiger partial charge in [0.15, 0.2) is 0 Å². The summed E-state index contributed by atoms with van der Waals surface area (Å²) < 4.78 is 5.72. The molecule has 20 heavy (non-hydrogen) atoms. The van der Waals surface area contributed by atoms with Gasteiger partial charge in [-0.2, -0.15) is 0 Å². The molecule has 0 radical (unpaired) electrons. The van der Waals surface area contributed by atoms with Crippen molar-refractivity contribution >= 4 is 27.9 Å². The number of morpholine rings is 1. The molecule has 0 bridgehead atoms. The van der Waals surface area contributed by atoms with Crippen molar-refractivity contribution < 1.29 is 9.53 Å². The molecule has 2 heterocycles. The van der Waals surface area contributed by atoms with E-state index in [9.17, 15) is 4.79 Å². The summed E-state index contributed by atoms with van der Waals surface area (Å²) in [5.74, 6) is 0.0956. The Morgan fingerprint density at radius 2 is 2.25 bits per heavy atom. The van der Waals surface area contributed by atoms with Crippen molar-refractivity contribution in [3.05, 3.63) is 10.4 Å². The average Bonchev–Trinajstić information content (AvgIpc) is 3.22. The molecule has 6 heteroatoms. The quantitative estimate of drug-likeness (QED) is 0.889. The third-order valence-corrected chi connectivity index (χ3v) is 5.35. The van der Waals surface area contributed by atoms with Crippen molar-refractivity contribution in [2.45, 2.75) is 38.2 Å². The summed E-state index contributed by atoms with van der Waals surface area (Å²) in [5.41, 5.74) is 13.4. The van der Waals surface area contributed by atoms with Crippen LogP contribution < -0.4 is 16.4 Å². The number of nitrogens with zero attached hydrogens (tertiary/aromatic N) is 1. The molecule has 2 aliphatic rings. The van der Waals surface area contributed by atoms with Crippen LogP contribution in [0.3, 0.4) is 0 Å². The molecule has 1 saturated carbocycles. The maximum absolute atomic E-state index is 11.5. The van der Waals surface area contributed by atoms with Gasteiger partial charge >= 0.3 is 0 Å². The fourth-order valence-electron chi connectivity index (χ4n) is 2.78. The molecule has 4 N–H and O–H groups in total. The van der Waals surface area contributed by atoms with Crippen LogP contribution in [0.5, 0.6) is 0 Å². The van der Waals surface area contributed by atoms with Crippen LogP contribution >= 0.6 is 11.3 Å². The number of carbonyl (C=O) groups is 1. The minimum atomic E-state index is -0.416. The molecule has 1 unspecified atom stereocenters. The lowest BCUT2D eigenvalue weighted by Gasteiger charge is -2.34. The Morgan fingerprint density at radius 1 is 1.50 bits per heavy atom. The van der Waals surface area contributed by atoms with Gasteiger partial charge in [-0.15, -0.1) is 11.3 Å². The van der Waals surface area contributed by atoms with Gasteiger partial charge < -0.3 is 21.1 Å². The van der Waals surface area contributed by atoms with E-state index in [2.05, 4.69) is 11.8 Å². The van der Waals surface area contributed by atoms with Gasteiger partial charge in [0.1, 0.15) is 4.88 Å². The molecular weight excluding hydrogens is 274 g/mol. The topological polar surface area (TPSA) is 81.6 Å². The third kappa shape index (κ3) is 2.38. The van der Waals surface area contributed by atoms with Gasteiger partial charge in [0.25, 0.3) is 5.91 Å². The van der Waals surface area contributed by atoms with Crippen LogP contribution in [0, 0.1) is 0 Å². The molecule has 1 atom stereocenters. The van der Waals surface area contributed by atoms with E-state index < -0.39 is 5.91 Å². The molecule has 1 amide bonds. The van der Waals surface area contributed by atoms with Crippen molar-refractivity contribution in [2.24, 2.45) is 5.73 Å². The number of primary amides is 1. The zero-order chi connectivity index (χ0) is 14.3. The van der Waals surface area contributed by atoms with Crippen LogP contribution in [0.15, 0.2) is 0 Å². The van der Waals surface area contributed by atoms with Crippen molar-refractivity contribution in [1.29, 1.82) is 0 Å². The summed E-state index contributed by atoms with van der Waals surface area (Å²) in [6, 6.07) is 0. The Balaban J connectivity index is 1.95. The monoisotopic (exact) mass is 295 g/mol. The van der Waals surface area contributed by atoms with Crippen molar-refractivity contribution in [2.75, 3.05) is 30.3 Å². The smallest absolute Gasteiger partial charge is 0.260 e. The van der Waals surface area contributed by atoms with Gasteiger partial charge in [0.2, 0.25) is 0 Å². The Bertz CT molecular complexity index is 525. The maximum atomic E-state index is 11.5. The zero-order valence-electron chi connectivity index (χ0n) is 11.7. The van der Waals surface area contributed by atoms with E-state index in [1.807, 2.05) is 0 Å². The fourth-order valence-corrected chi connectivity index (χ4v) is 3.97. The largest absolute Gasteiger partial charge is 0.397 e. The number of rotatable bonds is 4.